The molecule has 0 N–H and O–H groups in total. The van der Waals surface area contributed by atoms with E-state index in [4.69, 9.17) is 0 Å². The second-order valence-electron chi connectivity index (χ2n) is 17.2. The van der Waals surface area contributed by atoms with Crippen molar-refractivity contribution in [3.05, 3.63) is 218 Å². The monoisotopic (exact) mass is 787 g/mol. The number of ketones is 2. The van der Waals surface area contributed by atoms with Crippen molar-refractivity contribution < 1.29 is 18.0 Å². The Morgan fingerprint density at radius 3 is 1.30 bits per heavy atom. The predicted octanol–water partition coefficient (Wildman–Crippen LogP) is 11.3. The minimum atomic E-state index is -3.93. The first-order chi connectivity index (χ1) is 29.4. The molecule has 6 aliphatic carbocycles. The fraction of sp³-hybridized carbons (Fsp3) is 0.0741. The number of aromatic nitrogens is 1. The maximum atomic E-state index is 15.2. The first kappa shape index (κ1) is 31.8. The third-order valence-corrected chi connectivity index (χ3v) is 16.6. The fourth-order valence-corrected chi connectivity index (χ4v) is 14.4. The van der Waals surface area contributed by atoms with Crippen LogP contribution in [0.2, 0.25) is 0 Å². The van der Waals surface area contributed by atoms with E-state index >= 15 is 9.59 Å². The summed E-state index contributed by atoms with van der Waals surface area (Å²) in [5.41, 5.74) is 15.6. The highest BCUT2D eigenvalue weighted by Crippen LogP contribution is 2.58. The van der Waals surface area contributed by atoms with Crippen molar-refractivity contribution in [3.63, 3.8) is 0 Å². The summed E-state index contributed by atoms with van der Waals surface area (Å²) in [5.74, 6) is -1.13. The number of Topliss-reactive ketones (excluding diaryl/α,β-unsaturated/α-hetero) is 2. The first-order valence-electron chi connectivity index (χ1n) is 20.6. The molecule has 10 aromatic rings. The van der Waals surface area contributed by atoms with E-state index < -0.39 is 21.7 Å². The fourth-order valence-electron chi connectivity index (χ4n) is 12.5. The van der Waals surface area contributed by atoms with Crippen LogP contribution >= 0.6 is 0 Å². The van der Waals surface area contributed by atoms with Crippen LogP contribution in [0.25, 0.3) is 49.2 Å². The van der Waals surface area contributed by atoms with Crippen LogP contribution in [0.15, 0.2) is 161 Å². The predicted molar refractivity (Wildman–Crippen MR) is 232 cm³/mol. The highest BCUT2D eigenvalue weighted by molar-refractivity contribution is 7.92. The molecule has 3 heterocycles. The third-order valence-electron chi connectivity index (χ3n) is 14.7. The van der Waals surface area contributed by atoms with Crippen LogP contribution in [0.3, 0.4) is 0 Å². The summed E-state index contributed by atoms with van der Waals surface area (Å²) >= 11 is 0. The van der Waals surface area contributed by atoms with Gasteiger partial charge in [0.2, 0.25) is 9.84 Å². The largest absolute Gasteiger partial charge is 0.308 e. The van der Waals surface area contributed by atoms with Gasteiger partial charge in [-0.3, -0.25) is 9.59 Å². The van der Waals surface area contributed by atoms with Gasteiger partial charge in [-0.2, -0.15) is 0 Å². The number of hydrogen-bond acceptors (Lipinski definition) is 4. The van der Waals surface area contributed by atoms with Crippen molar-refractivity contribution in [3.8, 4) is 11.1 Å². The molecule has 0 saturated carbocycles. The number of rotatable bonds is 0. The summed E-state index contributed by atoms with van der Waals surface area (Å²) in [6.45, 7) is 0. The van der Waals surface area contributed by atoms with Crippen molar-refractivity contribution >= 4 is 59.5 Å². The van der Waals surface area contributed by atoms with Crippen molar-refractivity contribution in [1.82, 2.24) is 4.40 Å². The van der Waals surface area contributed by atoms with E-state index in [2.05, 4.69) is 89.3 Å². The van der Waals surface area contributed by atoms with Gasteiger partial charge in [-0.15, -0.1) is 0 Å². The summed E-state index contributed by atoms with van der Waals surface area (Å²) in [6, 6.07) is 51.1. The Kier molecular flexibility index (Phi) is 5.48. The first-order valence-corrected chi connectivity index (χ1v) is 22.0. The van der Waals surface area contributed by atoms with Crippen LogP contribution in [0.1, 0.15) is 100 Å². The van der Waals surface area contributed by atoms with Gasteiger partial charge in [0.1, 0.15) is 0 Å². The summed E-state index contributed by atoms with van der Waals surface area (Å²) < 4.78 is 32.0. The van der Waals surface area contributed by atoms with Gasteiger partial charge in [0.05, 0.1) is 38.2 Å². The zero-order valence-corrected chi connectivity index (χ0v) is 32.5. The second kappa shape index (κ2) is 10.3. The molecule has 6 heteroatoms. The average molecular weight is 788 g/mol. The molecule has 0 unspecified atom stereocenters. The van der Waals surface area contributed by atoms with Gasteiger partial charge in [0.15, 0.2) is 11.6 Å². The van der Waals surface area contributed by atoms with E-state index in [-0.39, 0.29) is 23.4 Å². The Labute approximate surface area is 343 Å². The zero-order valence-electron chi connectivity index (χ0n) is 31.7. The number of hydrogen-bond donors (Lipinski definition) is 0. The number of carbonyl (C=O) groups is 2. The lowest BCUT2D eigenvalue weighted by Gasteiger charge is -2.30. The average Bonchev–Trinajstić information content (AvgIpc) is 3.75. The highest BCUT2D eigenvalue weighted by Gasteiger charge is 2.46. The van der Waals surface area contributed by atoms with Gasteiger partial charge in [-0.25, -0.2) is 8.42 Å². The number of carbonyl (C=O) groups excluding carboxylic acids is 2. The molecule has 1 aliphatic heterocycles. The molecule has 4 bridgehead atoms. The summed E-state index contributed by atoms with van der Waals surface area (Å²) in [4.78, 5) is 31.0. The van der Waals surface area contributed by atoms with Gasteiger partial charge in [0, 0.05) is 55.6 Å². The van der Waals surface area contributed by atoms with Crippen LogP contribution < -0.4 is 0 Å². The van der Waals surface area contributed by atoms with E-state index in [1.165, 1.54) is 0 Å². The maximum absolute atomic E-state index is 15.2. The molecule has 60 heavy (non-hydrogen) atoms. The van der Waals surface area contributed by atoms with Crippen LogP contribution in [-0.2, 0) is 9.84 Å². The van der Waals surface area contributed by atoms with E-state index in [1.807, 2.05) is 54.6 Å². The van der Waals surface area contributed by atoms with E-state index in [0.29, 0.717) is 37.4 Å². The molecule has 0 atom stereocenters. The van der Waals surface area contributed by atoms with Gasteiger partial charge in [0.25, 0.3) is 0 Å². The standard InChI is InChI=1S/C54H29NO4S/c56-52-39-24-43-35(21-36(39)46-27-12-1-5-16-31(27)48(52)32-17-6-2-13-28(32)46)38-23-41-26-11-9-10-20-45(26)60(58,59)54(41)50-42-22-37-40(25-44(42)55(43)51(38)50)53(57)49-33-18-7-3-14-29(33)47(37)30-15-4-8-19-34(30)49/h1-25,46-49H. The SMILES string of the molecule is O=C1c2cc3c(cc2C2c4ccccc4C1c1ccccc12)c1cc2c(c4c5cc6c(cc5n3c14)C(=O)C1c3ccccc3C6c3ccccc31)S(=O)(=O)c1ccccc1-2. The highest BCUT2D eigenvalue weighted by atomic mass is 32.2. The normalized spacial score (nSPS) is 20.7. The smallest absolute Gasteiger partial charge is 0.208 e. The third kappa shape index (κ3) is 3.43. The van der Waals surface area contributed by atoms with Crippen LogP contribution in [-0.4, -0.2) is 24.4 Å². The lowest BCUT2D eigenvalue weighted by atomic mass is 9.72. The molecule has 2 aromatic heterocycles. The van der Waals surface area contributed by atoms with E-state index in [9.17, 15) is 8.42 Å². The maximum Gasteiger partial charge on any atom is 0.208 e. The minimum Gasteiger partial charge on any atom is -0.308 e. The number of nitrogens with zero attached hydrogens (tertiary/aromatic N) is 1. The molecule has 0 saturated heterocycles. The Morgan fingerprint density at radius 2 is 0.800 bits per heavy atom. The Hall–Kier alpha value is -7.15. The number of sulfone groups is 1. The summed E-state index contributed by atoms with van der Waals surface area (Å²) in [7, 11) is -3.93. The number of benzene rings is 8. The van der Waals surface area contributed by atoms with Crippen molar-refractivity contribution in [1.29, 1.82) is 0 Å². The molecular formula is C54H29NO4S. The van der Waals surface area contributed by atoms with Gasteiger partial charge < -0.3 is 4.40 Å². The Bertz CT molecular complexity index is 3780. The lowest BCUT2D eigenvalue weighted by Crippen LogP contribution is -2.19. The molecule has 5 nitrogen and oxygen atoms in total. The van der Waals surface area contributed by atoms with E-state index in [1.54, 1.807) is 12.1 Å². The molecule has 0 radical (unpaired) electrons. The molecule has 7 aliphatic rings. The lowest BCUT2D eigenvalue weighted by molar-refractivity contribution is 0.0966. The summed E-state index contributed by atoms with van der Waals surface area (Å²) in [5, 5.41) is 3.34. The Morgan fingerprint density at radius 1 is 0.383 bits per heavy atom. The van der Waals surface area contributed by atoms with Gasteiger partial charge >= 0.3 is 0 Å². The van der Waals surface area contributed by atoms with Crippen LogP contribution in [0, 0.1) is 0 Å². The molecule has 8 aromatic carbocycles. The second-order valence-corrected chi connectivity index (χ2v) is 19.1. The van der Waals surface area contributed by atoms with E-state index in [0.717, 1.165) is 88.3 Å². The topological polar surface area (TPSA) is 72.7 Å². The molecule has 0 amide bonds. The van der Waals surface area contributed by atoms with Crippen molar-refractivity contribution in [2.24, 2.45) is 0 Å². The minimum absolute atomic E-state index is 0.0396. The molecular weight excluding hydrogens is 759 g/mol. The zero-order chi connectivity index (χ0) is 39.5. The van der Waals surface area contributed by atoms with Crippen molar-refractivity contribution in [2.45, 2.75) is 33.5 Å². The van der Waals surface area contributed by atoms with Crippen LogP contribution in [0.4, 0.5) is 0 Å². The van der Waals surface area contributed by atoms with Crippen molar-refractivity contribution in [2.75, 3.05) is 0 Å². The molecule has 17 rings (SSSR count). The molecule has 0 spiro atoms. The number of fused-ring (bicyclic) bond motifs is 10. The van der Waals surface area contributed by atoms with Crippen LogP contribution in [0.5, 0.6) is 0 Å². The molecule has 0 fully saturated rings. The van der Waals surface area contributed by atoms with Gasteiger partial charge in [-0.05, 0) is 92.0 Å². The summed E-state index contributed by atoms with van der Waals surface area (Å²) in [6.07, 6.45) is 0. The Balaban J connectivity index is 1.12. The van der Waals surface area contributed by atoms with Gasteiger partial charge in [-0.1, -0.05) is 115 Å². The quantitative estimate of drug-likeness (QED) is 0.153. The molecule has 280 valence electrons.